The molecule has 2 aliphatic heterocycles. The first-order chi connectivity index (χ1) is 12.1. The molecule has 7 heteroatoms. The van der Waals surface area contributed by atoms with Gasteiger partial charge in [-0.2, -0.15) is 0 Å². The summed E-state index contributed by atoms with van der Waals surface area (Å²) in [5.74, 6) is 0.529. The monoisotopic (exact) mass is 340 g/mol. The molecule has 2 aliphatic rings. The van der Waals surface area contributed by atoms with E-state index in [9.17, 15) is 4.79 Å². The second kappa shape index (κ2) is 6.40. The normalized spacial score (nSPS) is 21.6. The van der Waals surface area contributed by atoms with Crippen LogP contribution in [-0.4, -0.2) is 57.2 Å². The molecule has 1 atom stereocenters. The molecule has 1 spiro atoms. The Balaban J connectivity index is 1.36. The average molecular weight is 340 g/mol. The minimum Gasteiger partial charge on any atom is -0.473 e. The molecule has 0 aromatic carbocycles. The van der Waals surface area contributed by atoms with Crippen LogP contribution in [0.3, 0.4) is 0 Å². The molecule has 25 heavy (non-hydrogen) atoms. The van der Waals surface area contributed by atoms with Crippen molar-refractivity contribution < 1.29 is 14.3 Å². The van der Waals surface area contributed by atoms with Crippen LogP contribution in [0.2, 0.25) is 0 Å². The molecule has 2 aromatic rings. The zero-order valence-electron chi connectivity index (χ0n) is 14.1. The minimum atomic E-state index is -0.307. The molecule has 2 fully saturated rings. The Morgan fingerprint density at radius 2 is 2.16 bits per heavy atom. The standard InChI is InChI=1S/C18H20N4O3/c1-13-2-3-14(9-21-13)17(23)22-11-18(12-22)8-15(4-7-24-18)25-16-10-19-5-6-20-16/h2-3,5-6,9-10,15H,4,7-8,11-12H2,1H3/t15-/m0/s1. The van der Waals surface area contributed by atoms with Crippen molar-refractivity contribution in [2.75, 3.05) is 19.7 Å². The molecule has 7 nitrogen and oxygen atoms in total. The summed E-state index contributed by atoms with van der Waals surface area (Å²) in [7, 11) is 0. The van der Waals surface area contributed by atoms with Gasteiger partial charge in [0, 0.05) is 37.1 Å². The topological polar surface area (TPSA) is 77.4 Å². The van der Waals surface area contributed by atoms with Crippen LogP contribution >= 0.6 is 0 Å². The summed E-state index contributed by atoms with van der Waals surface area (Å²) in [5, 5.41) is 0. The van der Waals surface area contributed by atoms with Crippen LogP contribution in [-0.2, 0) is 4.74 Å². The quantitative estimate of drug-likeness (QED) is 0.845. The first-order valence-electron chi connectivity index (χ1n) is 8.42. The van der Waals surface area contributed by atoms with Crippen molar-refractivity contribution in [2.24, 2.45) is 0 Å². The molecule has 0 aliphatic carbocycles. The molecule has 0 bridgehead atoms. The van der Waals surface area contributed by atoms with Gasteiger partial charge < -0.3 is 14.4 Å². The van der Waals surface area contributed by atoms with Crippen molar-refractivity contribution >= 4 is 5.91 Å². The highest BCUT2D eigenvalue weighted by atomic mass is 16.5. The maximum Gasteiger partial charge on any atom is 0.255 e. The number of aryl methyl sites for hydroxylation is 1. The highest BCUT2D eigenvalue weighted by molar-refractivity contribution is 5.94. The van der Waals surface area contributed by atoms with Crippen LogP contribution in [0, 0.1) is 6.92 Å². The van der Waals surface area contributed by atoms with E-state index in [2.05, 4.69) is 15.0 Å². The number of amides is 1. The number of carbonyl (C=O) groups excluding carboxylic acids is 1. The van der Waals surface area contributed by atoms with Crippen molar-refractivity contribution in [1.29, 1.82) is 0 Å². The van der Waals surface area contributed by atoms with Gasteiger partial charge in [0.25, 0.3) is 5.91 Å². The molecule has 4 rings (SSSR count). The number of rotatable bonds is 3. The molecule has 130 valence electrons. The summed E-state index contributed by atoms with van der Waals surface area (Å²) in [4.78, 5) is 26.7. The predicted molar refractivity (Wildman–Crippen MR) is 89.2 cm³/mol. The van der Waals surface area contributed by atoms with Gasteiger partial charge in [-0.1, -0.05) is 0 Å². The Morgan fingerprint density at radius 3 is 2.88 bits per heavy atom. The molecule has 2 aromatic heterocycles. The number of hydrogen-bond acceptors (Lipinski definition) is 6. The summed E-state index contributed by atoms with van der Waals surface area (Å²) in [6, 6.07) is 3.67. The molecule has 4 heterocycles. The molecule has 0 unspecified atom stereocenters. The van der Waals surface area contributed by atoms with Crippen LogP contribution in [0.15, 0.2) is 36.9 Å². The summed E-state index contributed by atoms with van der Waals surface area (Å²) in [6.45, 7) is 3.69. The van der Waals surface area contributed by atoms with Gasteiger partial charge in [0.1, 0.15) is 11.7 Å². The second-order valence-electron chi connectivity index (χ2n) is 6.66. The van der Waals surface area contributed by atoms with Crippen LogP contribution in [0.1, 0.15) is 28.9 Å². The van der Waals surface area contributed by atoms with Crippen molar-refractivity contribution in [3.8, 4) is 5.88 Å². The maximum absolute atomic E-state index is 12.5. The van der Waals surface area contributed by atoms with E-state index in [1.54, 1.807) is 29.7 Å². The summed E-state index contributed by atoms with van der Waals surface area (Å²) >= 11 is 0. The number of ether oxygens (including phenoxy) is 2. The number of likely N-dealkylation sites (tertiary alicyclic amines) is 1. The van der Waals surface area contributed by atoms with Gasteiger partial charge in [-0.15, -0.1) is 0 Å². The van der Waals surface area contributed by atoms with Gasteiger partial charge >= 0.3 is 0 Å². The van der Waals surface area contributed by atoms with Crippen LogP contribution in [0.25, 0.3) is 0 Å². The molecule has 0 N–H and O–H groups in total. The SMILES string of the molecule is Cc1ccc(C(=O)N2CC3(C[C@@H](Oc4cnccn4)CCO3)C2)cn1. The predicted octanol–water partition coefficient (Wildman–Crippen LogP) is 1.63. The fourth-order valence-corrected chi connectivity index (χ4v) is 3.39. The van der Waals surface area contributed by atoms with Crippen molar-refractivity contribution in [2.45, 2.75) is 31.5 Å². The lowest BCUT2D eigenvalue weighted by atomic mass is 9.84. The lowest BCUT2D eigenvalue weighted by Crippen LogP contribution is -2.67. The Bertz CT molecular complexity index is 745. The number of nitrogens with zero attached hydrogens (tertiary/aromatic N) is 4. The zero-order valence-corrected chi connectivity index (χ0v) is 14.1. The van der Waals surface area contributed by atoms with E-state index in [4.69, 9.17) is 9.47 Å². The third kappa shape index (κ3) is 3.32. The smallest absolute Gasteiger partial charge is 0.255 e. The zero-order chi connectivity index (χ0) is 17.3. The Kier molecular flexibility index (Phi) is 4.09. The second-order valence-corrected chi connectivity index (χ2v) is 6.66. The van der Waals surface area contributed by atoms with E-state index in [0.717, 1.165) is 18.5 Å². The van der Waals surface area contributed by atoms with E-state index in [1.165, 1.54) is 0 Å². The number of hydrogen-bond donors (Lipinski definition) is 0. The van der Waals surface area contributed by atoms with E-state index in [1.807, 2.05) is 19.1 Å². The highest BCUT2D eigenvalue weighted by Gasteiger charge is 2.50. The van der Waals surface area contributed by atoms with Gasteiger partial charge in [-0.05, 0) is 19.1 Å². The number of aromatic nitrogens is 3. The van der Waals surface area contributed by atoms with E-state index >= 15 is 0 Å². The largest absolute Gasteiger partial charge is 0.473 e. The molecular weight excluding hydrogens is 320 g/mol. The molecule has 0 saturated carbocycles. The average Bonchev–Trinajstić information content (AvgIpc) is 2.61. The lowest BCUT2D eigenvalue weighted by molar-refractivity contribution is -0.174. The molecular formula is C18H20N4O3. The van der Waals surface area contributed by atoms with Gasteiger partial charge in [-0.25, -0.2) is 4.98 Å². The van der Waals surface area contributed by atoms with E-state index in [-0.39, 0.29) is 17.6 Å². The third-order valence-electron chi connectivity index (χ3n) is 4.68. The Morgan fingerprint density at radius 1 is 1.28 bits per heavy atom. The fraction of sp³-hybridized carbons (Fsp3) is 0.444. The molecule has 1 amide bonds. The van der Waals surface area contributed by atoms with Gasteiger partial charge in [0.15, 0.2) is 0 Å². The summed E-state index contributed by atoms with van der Waals surface area (Å²) in [6.07, 6.45) is 8.07. The van der Waals surface area contributed by atoms with Crippen LogP contribution < -0.4 is 4.74 Å². The number of carbonyl (C=O) groups is 1. The summed E-state index contributed by atoms with van der Waals surface area (Å²) in [5.41, 5.74) is 1.21. The van der Waals surface area contributed by atoms with Crippen molar-refractivity contribution in [1.82, 2.24) is 19.9 Å². The summed E-state index contributed by atoms with van der Waals surface area (Å²) < 4.78 is 11.9. The first kappa shape index (κ1) is 16.0. The van der Waals surface area contributed by atoms with Gasteiger partial charge in [0.05, 0.1) is 31.5 Å². The van der Waals surface area contributed by atoms with Crippen molar-refractivity contribution in [3.05, 3.63) is 48.2 Å². The third-order valence-corrected chi connectivity index (χ3v) is 4.68. The highest BCUT2D eigenvalue weighted by Crippen LogP contribution is 2.36. The van der Waals surface area contributed by atoms with E-state index in [0.29, 0.717) is 31.1 Å². The molecule has 0 radical (unpaired) electrons. The Labute approximate surface area is 146 Å². The minimum absolute atomic E-state index is 0.00121. The lowest BCUT2D eigenvalue weighted by Gasteiger charge is -2.52. The number of pyridine rings is 1. The van der Waals surface area contributed by atoms with Crippen LogP contribution in [0.4, 0.5) is 0 Å². The van der Waals surface area contributed by atoms with Crippen molar-refractivity contribution in [3.63, 3.8) is 0 Å². The van der Waals surface area contributed by atoms with Gasteiger partial charge in [-0.3, -0.25) is 14.8 Å². The first-order valence-corrected chi connectivity index (χ1v) is 8.42. The maximum atomic E-state index is 12.5. The van der Waals surface area contributed by atoms with E-state index < -0.39 is 0 Å². The van der Waals surface area contributed by atoms with Gasteiger partial charge in [0.2, 0.25) is 5.88 Å². The fourth-order valence-electron chi connectivity index (χ4n) is 3.39. The molecule has 2 saturated heterocycles. The van der Waals surface area contributed by atoms with Crippen LogP contribution in [0.5, 0.6) is 5.88 Å². The Hall–Kier alpha value is -2.54.